The lowest BCUT2D eigenvalue weighted by molar-refractivity contribution is 0.00361. The average Bonchev–Trinajstić information content (AvgIpc) is 2.35. The molecule has 1 aliphatic heterocycles. The van der Waals surface area contributed by atoms with E-state index in [0.29, 0.717) is 12.1 Å². The fraction of sp³-hybridized carbons (Fsp3) is 1.00. The van der Waals surface area contributed by atoms with Gasteiger partial charge in [-0.25, -0.2) is 0 Å². The highest BCUT2D eigenvalue weighted by Crippen LogP contribution is 2.22. The highest BCUT2D eigenvalue weighted by atomic mass is 16.5. The maximum absolute atomic E-state index is 5.76. The first-order valence-corrected chi connectivity index (χ1v) is 6.87. The van der Waals surface area contributed by atoms with Crippen molar-refractivity contribution >= 4 is 0 Å². The highest BCUT2D eigenvalue weighted by molar-refractivity contribution is 4.75. The standard InChI is InChI=1S/C13H28N2O/c1-3-11(4-2)9-12(15-14)10-13-7-5-6-8-16-13/h11-13,15H,3-10,14H2,1-2H3. The quantitative estimate of drug-likeness (QED) is 0.520. The van der Waals surface area contributed by atoms with Crippen LogP contribution < -0.4 is 11.3 Å². The van der Waals surface area contributed by atoms with Crippen molar-refractivity contribution < 1.29 is 4.74 Å². The Morgan fingerprint density at radius 2 is 2.06 bits per heavy atom. The zero-order chi connectivity index (χ0) is 11.8. The minimum atomic E-state index is 0.424. The second-order valence-electron chi connectivity index (χ2n) is 5.01. The lowest BCUT2D eigenvalue weighted by atomic mass is 9.91. The van der Waals surface area contributed by atoms with Gasteiger partial charge in [0.15, 0.2) is 0 Å². The summed E-state index contributed by atoms with van der Waals surface area (Å²) in [4.78, 5) is 0. The molecule has 0 saturated carbocycles. The molecule has 0 spiro atoms. The first-order valence-electron chi connectivity index (χ1n) is 6.87. The molecular weight excluding hydrogens is 200 g/mol. The molecule has 2 atom stereocenters. The molecule has 1 fully saturated rings. The van der Waals surface area contributed by atoms with Crippen LogP contribution in [0.2, 0.25) is 0 Å². The molecule has 3 N–H and O–H groups in total. The summed E-state index contributed by atoms with van der Waals surface area (Å²) in [5.41, 5.74) is 2.97. The summed E-state index contributed by atoms with van der Waals surface area (Å²) >= 11 is 0. The molecule has 96 valence electrons. The van der Waals surface area contributed by atoms with Crippen molar-refractivity contribution in [1.29, 1.82) is 0 Å². The number of ether oxygens (including phenoxy) is 1. The molecule has 1 rings (SSSR count). The molecule has 16 heavy (non-hydrogen) atoms. The van der Waals surface area contributed by atoms with E-state index >= 15 is 0 Å². The normalized spacial score (nSPS) is 23.6. The van der Waals surface area contributed by atoms with Crippen molar-refractivity contribution in [2.75, 3.05) is 6.61 Å². The Labute approximate surface area is 100 Å². The van der Waals surface area contributed by atoms with Crippen LogP contribution in [0.4, 0.5) is 0 Å². The van der Waals surface area contributed by atoms with Crippen LogP contribution in [0, 0.1) is 5.92 Å². The number of nitrogens with one attached hydrogen (secondary N) is 1. The van der Waals surface area contributed by atoms with Gasteiger partial charge in [0.1, 0.15) is 0 Å². The third-order valence-electron chi connectivity index (χ3n) is 3.83. The van der Waals surface area contributed by atoms with Crippen molar-refractivity contribution in [3.05, 3.63) is 0 Å². The number of hydrogen-bond acceptors (Lipinski definition) is 3. The van der Waals surface area contributed by atoms with E-state index in [0.717, 1.165) is 18.9 Å². The van der Waals surface area contributed by atoms with Crippen LogP contribution in [0.5, 0.6) is 0 Å². The Morgan fingerprint density at radius 3 is 2.56 bits per heavy atom. The predicted molar refractivity (Wildman–Crippen MR) is 68.0 cm³/mol. The van der Waals surface area contributed by atoms with Crippen molar-refractivity contribution in [3.63, 3.8) is 0 Å². The minimum Gasteiger partial charge on any atom is -0.378 e. The summed E-state index contributed by atoms with van der Waals surface area (Å²) < 4.78 is 5.76. The smallest absolute Gasteiger partial charge is 0.0590 e. The van der Waals surface area contributed by atoms with E-state index in [9.17, 15) is 0 Å². The molecule has 3 heteroatoms. The maximum Gasteiger partial charge on any atom is 0.0590 e. The van der Waals surface area contributed by atoms with E-state index in [2.05, 4.69) is 19.3 Å². The Bertz CT molecular complexity index is 165. The van der Waals surface area contributed by atoms with Crippen molar-refractivity contribution in [2.24, 2.45) is 11.8 Å². The zero-order valence-corrected chi connectivity index (χ0v) is 10.9. The van der Waals surface area contributed by atoms with Crippen molar-refractivity contribution in [2.45, 2.75) is 70.9 Å². The van der Waals surface area contributed by atoms with E-state index in [1.54, 1.807) is 0 Å². The summed E-state index contributed by atoms with van der Waals surface area (Å²) in [7, 11) is 0. The fourth-order valence-electron chi connectivity index (χ4n) is 2.57. The molecule has 0 aliphatic carbocycles. The van der Waals surface area contributed by atoms with Crippen LogP contribution in [-0.4, -0.2) is 18.8 Å². The van der Waals surface area contributed by atoms with E-state index < -0.39 is 0 Å². The summed E-state index contributed by atoms with van der Waals surface area (Å²) in [5.74, 6) is 6.44. The zero-order valence-electron chi connectivity index (χ0n) is 10.9. The second-order valence-corrected chi connectivity index (χ2v) is 5.01. The predicted octanol–water partition coefficient (Wildman–Crippen LogP) is 2.60. The summed E-state index contributed by atoms with van der Waals surface area (Å²) in [6, 6.07) is 0.424. The van der Waals surface area contributed by atoms with Gasteiger partial charge in [-0.1, -0.05) is 26.7 Å². The van der Waals surface area contributed by atoms with Gasteiger partial charge in [0.25, 0.3) is 0 Å². The van der Waals surface area contributed by atoms with E-state index in [4.69, 9.17) is 10.6 Å². The van der Waals surface area contributed by atoms with Crippen LogP contribution in [0.25, 0.3) is 0 Å². The molecule has 2 unspecified atom stereocenters. The molecule has 0 aromatic heterocycles. The number of nitrogens with two attached hydrogens (primary N) is 1. The minimum absolute atomic E-state index is 0.424. The van der Waals surface area contributed by atoms with Gasteiger partial charge >= 0.3 is 0 Å². The van der Waals surface area contributed by atoms with Crippen LogP contribution in [-0.2, 0) is 4.74 Å². The van der Waals surface area contributed by atoms with Gasteiger partial charge in [-0.3, -0.25) is 11.3 Å². The highest BCUT2D eigenvalue weighted by Gasteiger charge is 2.20. The monoisotopic (exact) mass is 228 g/mol. The van der Waals surface area contributed by atoms with Gasteiger partial charge in [0, 0.05) is 12.6 Å². The molecule has 0 aromatic rings. The number of hydrogen-bond donors (Lipinski definition) is 2. The summed E-state index contributed by atoms with van der Waals surface area (Å²) in [6.45, 7) is 5.46. The molecule has 0 radical (unpaired) electrons. The first kappa shape index (κ1) is 13.9. The van der Waals surface area contributed by atoms with Gasteiger partial charge in [-0.2, -0.15) is 0 Å². The number of rotatable bonds is 7. The molecule has 1 heterocycles. The lowest BCUT2D eigenvalue weighted by Crippen LogP contribution is -2.40. The Balaban J connectivity index is 2.29. The Kier molecular flexibility index (Phi) is 7.01. The maximum atomic E-state index is 5.76. The van der Waals surface area contributed by atoms with E-state index in [1.165, 1.54) is 38.5 Å². The van der Waals surface area contributed by atoms with Crippen LogP contribution in [0.3, 0.4) is 0 Å². The molecule has 1 aliphatic rings. The van der Waals surface area contributed by atoms with Gasteiger partial charge in [-0.05, 0) is 38.0 Å². The van der Waals surface area contributed by atoms with Crippen LogP contribution >= 0.6 is 0 Å². The molecule has 0 bridgehead atoms. The SMILES string of the molecule is CCC(CC)CC(CC1CCCCO1)NN. The van der Waals surface area contributed by atoms with Gasteiger partial charge < -0.3 is 4.74 Å². The van der Waals surface area contributed by atoms with E-state index in [-0.39, 0.29) is 0 Å². The topological polar surface area (TPSA) is 47.3 Å². The van der Waals surface area contributed by atoms with Crippen molar-refractivity contribution in [1.82, 2.24) is 5.43 Å². The first-order chi connectivity index (χ1) is 7.80. The van der Waals surface area contributed by atoms with Gasteiger partial charge in [-0.15, -0.1) is 0 Å². The van der Waals surface area contributed by atoms with E-state index in [1.807, 2.05) is 0 Å². The summed E-state index contributed by atoms with van der Waals surface area (Å²) in [6.07, 6.45) is 8.94. The molecule has 0 amide bonds. The van der Waals surface area contributed by atoms with Gasteiger partial charge in [0.2, 0.25) is 0 Å². The van der Waals surface area contributed by atoms with Crippen molar-refractivity contribution in [3.8, 4) is 0 Å². The molecule has 3 nitrogen and oxygen atoms in total. The third-order valence-corrected chi connectivity index (χ3v) is 3.83. The van der Waals surface area contributed by atoms with Crippen LogP contribution in [0.1, 0.15) is 58.8 Å². The molecule has 0 aromatic carbocycles. The average molecular weight is 228 g/mol. The Morgan fingerprint density at radius 1 is 1.31 bits per heavy atom. The molecule has 1 saturated heterocycles. The third kappa shape index (κ3) is 4.81. The largest absolute Gasteiger partial charge is 0.378 e. The van der Waals surface area contributed by atoms with Crippen LogP contribution in [0.15, 0.2) is 0 Å². The summed E-state index contributed by atoms with van der Waals surface area (Å²) in [5, 5.41) is 0. The molecular formula is C13H28N2O. The van der Waals surface area contributed by atoms with Gasteiger partial charge in [0.05, 0.1) is 6.10 Å². The Hall–Kier alpha value is -0.120. The second kappa shape index (κ2) is 8.04. The lowest BCUT2D eigenvalue weighted by Gasteiger charge is -2.28. The fourth-order valence-corrected chi connectivity index (χ4v) is 2.57. The number of hydrazine groups is 1.